The summed E-state index contributed by atoms with van der Waals surface area (Å²) in [5.41, 5.74) is 9.81. The van der Waals surface area contributed by atoms with E-state index in [0.29, 0.717) is 11.4 Å². The molecular weight excluding hydrogens is 348 g/mol. The van der Waals surface area contributed by atoms with Crippen molar-refractivity contribution in [1.82, 2.24) is 4.72 Å². The number of nitrogens with zero attached hydrogens (tertiary/aromatic N) is 3. The Bertz CT molecular complexity index is 673. The molecule has 0 aromatic heterocycles. The molecule has 1 aromatic rings. The van der Waals surface area contributed by atoms with Crippen LogP contribution in [-0.4, -0.2) is 21.4 Å². The Morgan fingerprint density at radius 3 is 2.79 bits per heavy atom. The smallest absolute Gasteiger partial charge is 0.136 e. The van der Waals surface area contributed by atoms with Gasteiger partial charge in [-0.25, -0.2) is 0 Å². The van der Waals surface area contributed by atoms with Gasteiger partial charge in [-0.05, 0) is 57.8 Å². The van der Waals surface area contributed by atoms with Gasteiger partial charge in [-0.3, -0.25) is 0 Å². The van der Waals surface area contributed by atoms with E-state index in [9.17, 15) is 4.55 Å². The van der Waals surface area contributed by atoms with Gasteiger partial charge in [0.25, 0.3) is 0 Å². The number of nitrogens with one attached hydrogen (secondary N) is 1. The van der Waals surface area contributed by atoms with Crippen LogP contribution in [0.25, 0.3) is 10.4 Å². The maximum absolute atomic E-state index is 12.4. The van der Waals surface area contributed by atoms with Gasteiger partial charge in [-0.1, -0.05) is 16.7 Å². The maximum atomic E-state index is 12.4. The van der Waals surface area contributed by atoms with Gasteiger partial charge < -0.3 is 9.29 Å². The third kappa shape index (κ3) is 4.29. The van der Waals surface area contributed by atoms with Crippen LogP contribution in [-0.2, 0) is 17.8 Å². The van der Waals surface area contributed by atoms with E-state index in [0.717, 1.165) is 16.9 Å². The molecule has 2 unspecified atom stereocenters. The van der Waals surface area contributed by atoms with Crippen molar-refractivity contribution < 1.29 is 9.29 Å². The molecule has 1 heterocycles. The molecule has 0 saturated carbocycles. The molecule has 24 heavy (non-hydrogen) atoms. The lowest BCUT2D eigenvalue weighted by Gasteiger charge is -2.28. The monoisotopic (exact) mass is 370 g/mol. The van der Waals surface area contributed by atoms with Gasteiger partial charge in [0, 0.05) is 33.3 Å². The molecule has 0 saturated heterocycles. The number of azide groups is 1. The fourth-order valence-corrected chi connectivity index (χ4v) is 3.66. The Kier molecular flexibility index (Phi) is 5.62. The Hall–Kier alpha value is -1.11. The topological polar surface area (TPSA) is 93.1 Å². The van der Waals surface area contributed by atoms with Crippen molar-refractivity contribution in [3.8, 4) is 5.75 Å². The second kappa shape index (κ2) is 7.02. The highest BCUT2D eigenvalue weighted by Gasteiger charge is 2.38. The first-order chi connectivity index (χ1) is 11.1. The van der Waals surface area contributed by atoms with Crippen molar-refractivity contribution in [2.75, 3.05) is 6.54 Å². The van der Waals surface area contributed by atoms with Gasteiger partial charge in [0.05, 0.1) is 12.6 Å². The van der Waals surface area contributed by atoms with Crippen LogP contribution in [0.4, 0.5) is 0 Å². The second-order valence-corrected chi connectivity index (χ2v) is 9.76. The van der Waals surface area contributed by atoms with Crippen LogP contribution in [0.15, 0.2) is 17.2 Å². The molecule has 1 aliphatic rings. The lowest BCUT2D eigenvalue weighted by Crippen LogP contribution is -2.40. The second-order valence-electron chi connectivity index (χ2n) is 7.32. The van der Waals surface area contributed by atoms with Crippen molar-refractivity contribution in [3.63, 3.8) is 0 Å². The van der Waals surface area contributed by atoms with Crippen molar-refractivity contribution in [1.29, 1.82) is 0 Å². The predicted octanol–water partition coefficient (Wildman–Crippen LogP) is 4.46. The zero-order valence-corrected chi connectivity index (χ0v) is 16.2. The third-order valence-electron chi connectivity index (χ3n) is 3.85. The largest absolute Gasteiger partial charge is 0.598 e. The molecule has 1 aromatic carbocycles. The Labute approximate surface area is 150 Å². The first-order valence-electron chi connectivity index (χ1n) is 7.76. The van der Waals surface area contributed by atoms with Gasteiger partial charge in [0.15, 0.2) is 0 Å². The summed E-state index contributed by atoms with van der Waals surface area (Å²) in [6, 6.07) is 3.51. The van der Waals surface area contributed by atoms with Crippen LogP contribution in [0.3, 0.4) is 0 Å². The summed E-state index contributed by atoms with van der Waals surface area (Å²) in [6.07, 6.45) is 0.615. The molecule has 2 rings (SSSR count). The molecule has 132 valence electrons. The molecule has 0 bridgehead atoms. The summed E-state index contributed by atoms with van der Waals surface area (Å²) in [4.78, 5) is 2.82. The lowest BCUT2D eigenvalue weighted by atomic mass is 9.97. The minimum absolute atomic E-state index is 0.195. The highest BCUT2D eigenvalue weighted by Crippen LogP contribution is 2.42. The van der Waals surface area contributed by atoms with E-state index in [-0.39, 0.29) is 17.3 Å². The van der Waals surface area contributed by atoms with E-state index < -0.39 is 17.0 Å². The minimum atomic E-state index is -1.21. The minimum Gasteiger partial charge on any atom is -0.598 e. The SMILES string of the molecule is CC(N[S@+]([O-])C(C)(C)C)c1cc(Cl)cc2c1OC(C)(CN=[N+]=[N-])C2. The quantitative estimate of drug-likeness (QED) is 0.359. The molecule has 0 radical (unpaired) electrons. The molecule has 3 atom stereocenters. The van der Waals surface area contributed by atoms with Gasteiger partial charge in [-0.15, -0.1) is 4.72 Å². The zero-order valence-electron chi connectivity index (χ0n) is 14.6. The van der Waals surface area contributed by atoms with Crippen molar-refractivity contribution >= 4 is 23.0 Å². The van der Waals surface area contributed by atoms with Crippen molar-refractivity contribution in [2.24, 2.45) is 5.11 Å². The lowest BCUT2D eigenvalue weighted by molar-refractivity contribution is 0.124. The van der Waals surface area contributed by atoms with Gasteiger partial charge in [0.1, 0.15) is 16.1 Å². The summed E-state index contributed by atoms with van der Waals surface area (Å²) in [6.45, 7) is 9.83. The first kappa shape index (κ1) is 19.2. The summed E-state index contributed by atoms with van der Waals surface area (Å²) >= 11 is 5.05. The van der Waals surface area contributed by atoms with Crippen LogP contribution in [0.1, 0.15) is 51.8 Å². The summed E-state index contributed by atoms with van der Waals surface area (Å²) in [7, 11) is 0. The third-order valence-corrected chi connectivity index (χ3v) is 5.75. The highest BCUT2D eigenvalue weighted by atomic mass is 35.5. The molecule has 0 fully saturated rings. The molecule has 0 spiro atoms. The van der Waals surface area contributed by atoms with E-state index in [1.54, 1.807) is 0 Å². The van der Waals surface area contributed by atoms with Gasteiger partial charge >= 0.3 is 0 Å². The first-order valence-corrected chi connectivity index (χ1v) is 9.29. The standard InChI is InChI=1S/C16H23ClN4O2S/c1-10(20-24(22)15(2,3)4)13-7-12(17)6-11-8-16(5,9-19-21-18)23-14(11)13/h6-7,10,20H,8-9H2,1-5H3/t10?,16?,24-/m1/s1. The Balaban J connectivity index is 2.30. The van der Waals surface area contributed by atoms with Crippen LogP contribution in [0.5, 0.6) is 5.75 Å². The van der Waals surface area contributed by atoms with Crippen LogP contribution >= 0.6 is 11.6 Å². The summed E-state index contributed by atoms with van der Waals surface area (Å²) in [5.74, 6) is 0.737. The predicted molar refractivity (Wildman–Crippen MR) is 97.6 cm³/mol. The Morgan fingerprint density at radius 2 is 2.21 bits per heavy atom. The molecule has 6 nitrogen and oxygen atoms in total. The zero-order chi connectivity index (χ0) is 18.1. The number of rotatable bonds is 5. The number of benzene rings is 1. The van der Waals surface area contributed by atoms with Crippen LogP contribution in [0.2, 0.25) is 5.02 Å². The molecule has 8 heteroatoms. The molecule has 0 amide bonds. The average molecular weight is 371 g/mol. The van der Waals surface area contributed by atoms with Crippen molar-refractivity contribution in [3.05, 3.63) is 38.7 Å². The van der Waals surface area contributed by atoms with E-state index in [2.05, 4.69) is 14.7 Å². The maximum Gasteiger partial charge on any atom is 0.136 e. The number of fused-ring (bicyclic) bond motifs is 1. The van der Waals surface area contributed by atoms with E-state index in [1.807, 2.05) is 46.8 Å². The average Bonchev–Trinajstić information content (AvgIpc) is 2.79. The Morgan fingerprint density at radius 1 is 1.54 bits per heavy atom. The number of halogens is 1. The number of hydrogen-bond acceptors (Lipinski definition) is 4. The van der Waals surface area contributed by atoms with Crippen molar-refractivity contribution in [2.45, 2.75) is 57.4 Å². The summed E-state index contributed by atoms with van der Waals surface area (Å²) < 4.78 is 21.2. The van der Waals surface area contributed by atoms with Gasteiger partial charge in [0.2, 0.25) is 0 Å². The van der Waals surface area contributed by atoms with E-state index >= 15 is 0 Å². The van der Waals surface area contributed by atoms with Crippen LogP contribution in [0, 0.1) is 0 Å². The molecule has 0 aliphatic carbocycles. The van der Waals surface area contributed by atoms with E-state index in [4.69, 9.17) is 21.9 Å². The summed E-state index contributed by atoms with van der Waals surface area (Å²) in [5, 5.41) is 4.25. The number of ether oxygens (including phenoxy) is 1. The normalized spacial score (nSPS) is 22.3. The molecular formula is C16H23ClN4O2S. The van der Waals surface area contributed by atoms with Gasteiger partial charge in [-0.2, -0.15) is 0 Å². The van der Waals surface area contributed by atoms with Crippen LogP contribution < -0.4 is 9.46 Å². The fraction of sp³-hybridized carbons (Fsp3) is 0.625. The number of hydrogen-bond donors (Lipinski definition) is 1. The molecule has 1 aliphatic heterocycles. The highest BCUT2D eigenvalue weighted by molar-refractivity contribution is 7.90. The molecule has 1 N–H and O–H groups in total. The fourth-order valence-electron chi connectivity index (χ4n) is 2.61. The van der Waals surface area contributed by atoms with E-state index in [1.165, 1.54) is 0 Å².